The Hall–Kier alpha value is -1.84. The van der Waals surface area contributed by atoms with Crippen LogP contribution in [0.5, 0.6) is 5.75 Å². The van der Waals surface area contributed by atoms with E-state index in [-0.39, 0.29) is 0 Å². The largest absolute Gasteiger partial charge is 0.497 e. The number of aliphatic imine (C=N–C) groups is 1. The van der Waals surface area contributed by atoms with Crippen molar-refractivity contribution >= 4 is 16.6 Å². The first kappa shape index (κ1) is 10.7. The first-order valence-electron chi connectivity index (χ1n) is 5.18. The summed E-state index contributed by atoms with van der Waals surface area (Å²) in [6.07, 6.45) is 0.792. The second-order valence-corrected chi connectivity index (χ2v) is 3.72. The summed E-state index contributed by atoms with van der Waals surface area (Å²) in [7, 11) is 3.47. The molecular weight excluding hydrogens is 202 g/mol. The van der Waals surface area contributed by atoms with Gasteiger partial charge < -0.3 is 4.74 Å². The quantitative estimate of drug-likeness (QED) is 0.801. The zero-order valence-electron chi connectivity index (χ0n) is 9.74. The fraction of sp³-hybridized carbons (Fsp3) is 0.333. The Balaban J connectivity index is 2.45. The smallest absolute Gasteiger partial charge is 0.119 e. The molecule has 2 rings (SSSR count). The van der Waals surface area contributed by atoms with Gasteiger partial charge in [-0.25, -0.2) is 0 Å². The molecule has 1 N–H and O–H groups in total. The van der Waals surface area contributed by atoms with Gasteiger partial charge in [0, 0.05) is 30.3 Å². The van der Waals surface area contributed by atoms with Crippen LogP contribution in [0.15, 0.2) is 23.2 Å². The summed E-state index contributed by atoms with van der Waals surface area (Å²) in [5.74, 6) is 0.848. The molecule has 1 heterocycles. The lowest BCUT2D eigenvalue weighted by molar-refractivity contribution is 0.415. The van der Waals surface area contributed by atoms with Gasteiger partial charge in [0.25, 0.3) is 0 Å². The van der Waals surface area contributed by atoms with Crippen molar-refractivity contribution in [3.63, 3.8) is 0 Å². The molecule has 0 fully saturated rings. The predicted molar refractivity (Wildman–Crippen MR) is 65.4 cm³/mol. The Morgan fingerprint density at radius 3 is 3.00 bits per heavy atom. The fourth-order valence-corrected chi connectivity index (χ4v) is 1.64. The molecule has 84 valence electrons. The van der Waals surface area contributed by atoms with E-state index in [2.05, 4.69) is 15.2 Å². The van der Waals surface area contributed by atoms with Crippen LogP contribution in [0, 0.1) is 0 Å². The molecule has 2 aromatic rings. The molecule has 1 aromatic carbocycles. The fourth-order valence-electron chi connectivity index (χ4n) is 1.64. The van der Waals surface area contributed by atoms with Crippen LogP contribution in [0.25, 0.3) is 10.9 Å². The van der Waals surface area contributed by atoms with Gasteiger partial charge in [-0.2, -0.15) is 5.10 Å². The average Bonchev–Trinajstić information content (AvgIpc) is 2.71. The highest BCUT2D eigenvalue weighted by molar-refractivity contribution is 5.90. The molecule has 0 saturated carbocycles. The monoisotopic (exact) mass is 217 g/mol. The molecule has 0 spiro atoms. The maximum atomic E-state index is 5.21. The minimum absolute atomic E-state index is 0.792. The van der Waals surface area contributed by atoms with Gasteiger partial charge in [0.05, 0.1) is 12.6 Å². The van der Waals surface area contributed by atoms with Crippen LogP contribution in [0.1, 0.15) is 12.6 Å². The van der Waals surface area contributed by atoms with Gasteiger partial charge in [-0.15, -0.1) is 0 Å². The number of aromatic amines is 1. The van der Waals surface area contributed by atoms with Gasteiger partial charge >= 0.3 is 0 Å². The van der Waals surface area contributed by atoms with Crippen LogP contribution in [-0.4, -0.2) is 30.1 Å². The summed E-state index contributed by atoms with van der Waals surface area (Å²) in [4.78, 5) is 4.15. The van der Waals surface area contributed by atoms with Crippen molar-refractivity contribution in [3.05, 3.63) is 23.9 Å². The lowest BCUT2D eigenvalue weighted by Crippen LogP contribution is -1.98. The van der Waals surface area contributed by atoms with Crippen molar-refractivity contribution in [2.45, 2.75) is 13.3 Å². The van der Waals surface area contributed by atoms with Crippen LogP contribution >= 0.6 is 0 Å². The van der Waals surface area contributed by atoms with Crippen LogP contribution in [0.3, 0.4) is 0 Å². The van der Waals surface area contributed by atoms with Crippen LogP contribution < -0.4 is 4.74 Å². The van der Waals surface area contributed by atoms with E-state index >= 15 is 0 Å². The van der Waals surface area contributed by atoms with Crippen molar-refractivity contribution in [2.75, 3.05) is 14.2 Å². The lowest BCUT2D eigenvalue weighted by atomic mass is 10.1. The number of hydrogen-bond acceptors (Lipinski definition) is 3. The van der Waals surface area contributed by atoms with E-state index in [0.29, 0.717) is 0 Å². The number of fused-ring (bicyclic) bond motifs is 1. The lowest BCUT2D eigenvalue weighted by Gasteiger charge is -2.00. The molecular formula is C12H15N3O. The van der Waals surface area contributed by atoms with Crippen molar-refractivity contribution in [1.29, 1.82) is 0 Å². The maximum absolute atomic E-state index is 5.21. The molecule has 4 heteroatoms. The van der Waals surface area contributed by atoms with Gasteiger partial charge in [0.1, 0.15) is 5.75 Å². The van der Waals surface area contributed by atoms with Gasteiger partial charge in [-0.1, -0.05) is 0 Å². The number of nitrogens with one attached hydrogen (secondary N) is 1. The SMILES string of the molecule is CN=C(C)Cc1[nH]nc2ccc(OC)cc12. The minimum Gasteiger partial charge on any atom is -0.497 e. The second kappa shape index (κ2) is 4.35. The number of H-pyrrole nitrogens is 1. The van der Waals surface area contributed by atoms with Gasteiger partial charge in [0.2, 0.25) is 0 Å². The van der Waals surface area contributed by atoms with Crippen molar-refractivity contribution < 1.29 is 4.74 Å². The second-order valence-electron chi connectivity index (χ2n) is 3.72. The third-order valence-electron chi connectivity index (χ3n) is 2.65. The first-order chi connectivity index (χ1) is 7.74. The van der Waals surface area contributed by atoms with E-state index in [1.807, 2.05) is 25.1 Å². The maximum Gasteiger partial charge on any atom is 0.119 e. The van der Waals surface area contributed by atoms with E-state index in [1.54, 1.807) is 14.2 Å². The Labute approximate surface area is 94.3 Å². The molecule has 0 amide bonds. The van der Waals surface area contributed by atoms with Crippen LogP contribution in [0.4, 0.5) is 0 Å². The molecule has 0 radical (unpaired) electrons. The number of rotatable bonds is 3. The van der Waals surface area contributed by atoms with Crippen molar-refractivity contribution in [3.8, 4) is 5.75 Å². The normalized spacial score (nSPS) is 12.1. The average molecular weight is 217 g/mol. The van der Waals surface area contributed by atoms with E-state index in [4.69, 9.17) is 4.74 Å². The highest BCUT2D eigenvalue weighted by Gasteiger charge is 2.07. The van der Waals surface area contributed by atoms with E-state index in [9.17, 15) is 0 Å². The number of ether oxygens (including phenoxy) is 1. The van der Waals surface area contributed by atoms with Crippen LogP contribution in [-0.2, 0) is 6.42 Å². The summed E-state index contributed by atoms with van der Waals surface area (Å²) in [5, 5.41) is 8.39. The summed E-state index contributed by atoms with van der Waals surface area (Å²) >= 11 is 0. The number of hydrogen-bond donors (Lipinski definition) is 1. The topological polar surface area (TPSA) is 50.3 Å². The summed E-state index contributed by atoms with van der Waals surface area (Å²) in [6.45, 7) is 2.01. The van der Waals surface area contributed by atoms with E-state index < -0.39 is 0 Å². The van der Waals surface area contributed by atoms with Gasteiger partial charge in [-0.3, -0.25) is 10.1 Å². The standard InChI is InChI=1S/C12H15N3O/c1-8(13-2)6-12-10-7-9(16-3)4-5-11(10)14-15-12/h4-5,7H,6H2,1-3H3,(H,14,15). The Bertz CT molecular complexity index is 528. The predicted octanol–water partition coefficient (Wildman–Crippen LogP) is 2.20. The molecule has 0 atom stereocenters. The number of aromatic nitrogens is 2. The molecule has 16 heavy (non-hydrogen) atoms. The first-order valence-corrected chi connectivity index (χ1v) is 5.18. The number of methoxy groups -OCH3 is 1. The molecule has 0 aliphatic heterocycles. The highest BCUT2D eigenvalue weighted by Crippen LogP contribution is 2.22. The van der Waals surface area contributed by atoms with E-state index in [1.165, 1.54) is 0 Å². The molecule has 4 nitrogen and oxygen atoms in total. The Morgan fingerprint density at radius 1 is 1.50 bits per heavy atom. The number of nitrogens with zero attached hydrogens (tertiary/aromatic N) is 2. The minimum atomic E-state index is 0.792. The Morgan fingerprint density at radius 2 is 2.31 bits per heavy atom. The molecule has 0 aliphatic carbocycles. The third-order valence-corrected chi connectivity index (χ3v) is 2.65. The molecule has 0 bridgehead atoms. The number of benzene rings is 1. The van der Waals surface area contributed by atoms with Gasteiger partial charge in [-0.05, 0) is 25.1 Å². The molecule has 0 saturated heterocycles. The Kier molecular flexibility index (Phi) is 2.90. The molecule has 1 aromatic heterocycles. The molecule has 0 unspecified atom stereocenters. The zero-order valence-corrected chi connectivity index (χ0v) is 9.74. The summed E-state index contributed by atoms with van der Waals surface area (Å²) in [6, 6.07) is 5.86. The van der Waals surface area contributed by atoms with Crippen LogP contribution in [0.2, 0.25) is 0 Å². The third kappa shape index (κ3) is 1.91. The summed E-state index contributed by atoms with van der Waals surface area (Å²) < 4.78 is 5.21. The molecule has 0 aliphatic rings. The van der Waals surface area contributed by atoms with Crippen molar-refractivity contribution in [1.82, 2.24) is 10.2 Å². The van der Waals surface area contributed by atoms with Crippen molar-refractivity contribution in [2.24, 2.45) is 4.99 Å². The zero-order chi connectivity index (χ0) is 11.5. The van der Waals surface area contributed by atoms with Gasteiger partial charge in [0.15, 0.2) is 0 Å². The highest BCUT2D eigenvalue weighted by atomic mass is 16.5. The van der Waals surface area contributed by atoms with E-state index in [0.717, 1.165) is 34.5 Å². The summed E-state index contributed by atoms with van der Waals surface area (Å²) in [5.41, 5.74) is 3.12.